The van der Waals surface area contributed by atoms with Crippen LogP contribution in [0.15, 0.2) is 78.0 Å². The number of nitrogens with zero attached hydrogens (tertiary/aromatic N) is 3. The summed E-state index contributed by atoms with van der Waals surface area (Å²) in [5.74, 6) is 3.15. The molecule has 10 heteroatoms. The number of hydrogen-bond donors (Lipinski definition) is 2. The topological polar surface area (TPSA) is 109 Å². The predicted octanol–water partition coefficient (Wildman–Crippen LogP) is 4.91. The van der Waals surface area contributed by atoms with Crippen molar-refractivity contribution in [2.75, 3.05) is 39.1 Å². The van der Waals surface area contributed by atoms with Gasteiger partial charge >= 0.3 is 0 Å². The molecule has 1 atom stereocenters. The molecule has 1 aliphatic heterocycles. The van der Waals surface area contributed by atoms with Crippen molar-refractivity contribution in [3.63, 3.8) is 0 Å². The quantitative estimate of drug-likeness (QED) is 0.333. The Labute approximate surface area is 226 Å². The lowest BCUT2D eigenvalue weighted by molar-refractivity contribution is -0.113. The van der Waals surface area contributed by atoms with Gasteiger partial charge in [0.2, 0.25) is 5.95 Å². The number of rotatable bonds is 8. The molecule has 10 nitrogen and oxygen atoms in total. The highest BCUT2D eigenvalue weighted by atomic mass is 16.5. The zero-order valence-corrected chi connectivity index (χ0v) is 22.3. The van der Waals surface area contributed by atoms with Gasteiger partial charge in [-0.25, -0.2) is 4.68 Å². The van der Waals surface area contributed by atoms with Crippen LogP contribution >= 0.6 is 0 Å². The van der Waals surface area contributed by atoms with E-state index in [0.29, 0.717) is 57.3 Å². The maximum atomic E-state index is 13.8. The standard InChI is InChI=1S/C29H29N5O5/c1-17-25(28(35)31-23-8-6-7-9-24(23)39-5)26(18-10-12-20(36-2)13-11-18)34-29(30-17)32-27(33-34)19-14-21(37-3)16-22(15-19)38-4/h6-16,26H,1-5H3,(H,31,35)(H,30,32,33). The van der Waals surface area contributed by atoms with E-state index in [1.165, 1.54) is 0 Å². The van der Waals surface area contributed by atoms with Gasteiger partial charge in [0.15, 0.2) is 5.82 Å². The average molecular weight is 528 g/mol. The van der Waals surface area contributed by atoms with Gasteiger partial charge in [-0.15, -0.1) is 5.10 Å². The van der Waals surface area contributed by atoms with Crippen LogP contribution in [0.25, 0.3) is 11.4 Å². The number of amides is 1. The van der Waals surface area contributed by atoms with Crippen molar-refractivity contribution in [1.82, 2.24) is 14.8 Å². The van der Waals surface area contributed by atoms with Crippen LogP contribution in [0.1, 0.15) is 18.5 Å². The van der Waals surface area contributed by atoms with E-state index in [2.05, 4.69) is 10.6 Å². The van der Waals surface area contributed by atoms with Crippen LogP contribution in [0.3, 0.4) is 0 Å². The highest BCUT2D eigenvalue weighted by molar-refractivity contribution is 6.06. The fourth-order valence-electron chi connectivity index (χ4n) is 4.54. The Bertz CT molecular complexity index is 1520. The Balaban J connectivity index is 1.61. The normalized spacial score (nSPS) is 14.2. The van der Waals surface area contributed by atoms with Gasteiger partial charge in [-0.3, -0.25) is 4.79 Å². The zero-order chi connectivity index (χ0) is 27.5. The number of hydrogen-bond acceptors (Lipinski definition) is 8. The second-order valence-corrected chi connectivity index (χ2v) is 8.80. The minimum absolute atomic E-state index is 0.295. The van der Waals surface area contributed by atoms with Crippen LogP contribution in [0.2, 0.25) is 0 Å². The minimum atomic E-state index is -0.574. The lowest BCUT2D eigenvalue weighted by atomic mass is 9.95. The Morgan fingerprint density at radius 2 is 1.54 bits per heavy atom. The molecule has 4 aromatic rings. The van der Waals surface area contributed by atoms with Crippen LogP contribution < -0.4 is 29.6 Å². The van der Waals surface area contributed by atoms with Crippen molar-refractivity contribution in [3.8, 4) is 34.4 Å². The molecule has 200 valence electrons. The third kappa shape index (κ3) is 4.96. The van der Waals surface area contributed by atoms with Crippen LogP contribution in [-0.4, -0.2) is 49.1 Å². The summed E-state index contributed by atoms with van der Waals surface area (Å²) in [6.45, 7) is 1.85. The van der Waals surface area contributed by atoms with Crippen LogP contribution in [0.5, 0.6) is 23.0 Å². The summed E-state index contributed by atoms with van der Waals surface area (Å²) < 4.78 is 23.4. The number of ether oxygens (including phenoxy) is 4. The molecule has 0 saturated carbocycles. The molecule has 2 N–H and O–H groups in total. The summed E-state index contributed by atoms with van der Waals surface area (Å²) in [5, 5.41) is 11.1. The zero-order valence-electron chi connectivity index (χ0n) is 22.3. The van der Waals surface area contributed by atoms with E-state index in [-0.39, 0.29) is 5.91 Å². The number of benzene rings is 3. The van der Waals surface area contributed by atoms with E-state index < -0.39 is 6.04 Å². The SMILES string of the molecule is COc1ccc(C2C(C(=O)Nc3ccccc3OC)=C(C)Nc3nc(-c4cc(OC)cc(OC)c4)nn32)cc1. The molecule has 0 spiro atoms. The molecule has 3 aromatic carbocycles. The van der Waals surface area contributed by atoms with Gasteiger partial charge in [0, 0.05) is 17.3 Å². The summed E-state index contributed by atoms with van der Waals surface area (Å²) in [5.41, 5.74) is 3.24. The van der Waals surface area contributed by atoms with Crippen molar-refractivity contribution in [1.29, 1.82) is 0 Å². The minimum Gasteiger partial charge on any atom is -0.497 e. The molecule has 0 radical (unpaired) electrons. The third-order valence-corrected chi connectivity index (χ3v) is 6.49. The van der Waals surface area contributed by atoms with E-state index in [0.717, 1.165) is 5.56 Å². The molecule has 1 amide bonds. The molecular formula is C29H29N5O5. The number of carbonyl (C=O) groups excluding carboxylic acids is 1. The molecule has 0 saturated heterocycles. The molecule has 1 unspecified atom stereocenters. The smallest absolute Gasteiger partial charge is 0.255 e. The molecule has 5 rings (SSSR count). The number of anilines is 2. The Morgan fingerprint density at radius 1 is 0.872 bits per heavy atom. The van der Waals surface area contributed by atoms with Crippen molar-refractivity contribution >= 4 is 17.5 Å². The number of carbonyl (C=O) groups is 1. The number of para-hydroxylation sites is 2. The first-order chi connectivity index (χ1) is 18.9. The lowest BCUT2D eigenvalue weighted by Crippen LogP contribution is -2.31. The van der Waals surface area contributed by atoms with Crippen LogP contribution in [0, 0.1) is 0 Å². The largest absolute Gasteiger partial charge is 0.497 e. The monoisotopic (exact) mass is 527 g/mol. The van der Waals surface area contributed by atoms with E-state index in [1.54, 1.807) is 51.3 Å². The van der Waals surface area contributed by atoms with Crippen molar-refractivity contribution in [2.45, 2.75) is 13.0 Å². The molecule has 0 fully saturated rings. The fourth-order valence-corrected chi connectivity index (χ4v) is 4.54. The van der Waals surface area contributed by atoms with Crippen molar-refractivity contribution in [2.24, 2.45) is 0 Å². The van der Waals surface area contributed by atoms with Crippen LogP contribution in [-0.2, 0) is 4.79 Å². The molecular weight excluding hydrogens is 498 g/mol. The second-order valence-electron chi connectivity index (χ2n) is 8.80. The first-order valence-corrected chi connectivity index (χ1v) is 12.2. The van der Waals surface area contributed by atoms with E-state index in [1.807, 2.05) is 55.5 Å². The third-order valence-electron chi connectivity index (χ3n) is 6.49. The summed E-state index contributed by atoms with van der Waals surface area (Å²) >= 11 is 0. The maximum absolute atomic E-state index is 13.8. The lowest BCUT2D eigenvalue weighted by Gasteiger charge is -2.29. The summed E-state index contributed by atoms with van der Waals surface area (Å²) in [7, 11) is 6.35. The Hall–Kier alpha value is -4.99. The van der Waals surface area contributed by atoms with Gasteiger partial charge in [-0.2, -0.15) is 4.98 Å². The van der Waals surface area contributed by atoms with Crippen molar-refractivity contribution < 1.29 is 23.7 Å². The van der Waals surface area contributed by atoms with Gasteiger partial charge in [0.05, 0.1) is 39.7 Å². The molecule has 0 bridgehead atoms. The number of fused-ring (bicyclic) bond motifs is 1. The highest BCUT2D eigenvalue weighted by Gasteiger charge is 2.35. The van der Waals surface area contributed by atoms with Gasteiger partial charge in [0.1, 0.15) is 29.0 Å². The molecule has 1 aromatic heterocycles. The number of methoxy groups -OCH3 is 4. The maximum Gasteiger partial charge on any atom is 0.255 e. The van der Waals surface area contributed by atoms with Gasteiger partial charge in [0.25, 0.3) is 5.91 Å². The van der Waals surface area contributed by atoms with Gasteiger partial charge in [-0.05, 0) is 48.9 Å². The first kappa shape index (κ1) is 25.7. The summed E-state index contributed by atoms with van der Waals surface area (Å²) in [4.78, 5) is 18.6. The molecule has 2 heterocycles. The highest BCUT2D eigenvalue weighted by Crippen LogP contribution is 2.38. The second kappa shape index (κ2) is 10.8. The molecule has 39 heavy (non-hydrogen) atoms. The number of aromatic nitrogens is 3. The number of nitrogens with one attached hydrogen (secondary N) is 2. The summed E-state index contributed by atoms with van der Waals surface area (Å²) in [6, 6.07) is 19.7. The van der Waals surface area contributed by atoms with E-state index in [9.17, 15) is 4.79 Å². The predicted molar refractivity (Wildman–Crippen MR) is 148 cm³/mol. The molecule has 1 aliphatic rings. The van der Waals surface area contributed by atoms with E-state index in [4.69, 9.17) is 29.0 Å². The van der Waals surface area contributed by atoms with Gasteiger partial charge in [-0.1, -0.05) is 24.3 Å². The van der Waals surface area contributed by atoms with E-state index >= 15 is 0 Å². The summed E-state index contributed by atoms with van der Waals surface area (Å²) in [6.07, 6.45) is 0. The number of allylic oxidation sites excluding steroid dienone is 1. The first-order valence-electron chi connectivity index (χ1n) is 12.2. The van der Waals surface area contributed by atoms with Crippen LogP contribution in [0.4, 0.5) is 11.6 Å². The Morgan fingerprint density at radius 3 is 2.18 bits per heavy atom. The van der Waals surface area contributed by atoms with Crippen molar-refractivity contribution in [3.05, 3.63) is 83.6 Å². The average Bonchev–Trinajstić information content (AvgIpc) is 3.40. The van der Waals surface area contributed by atoms with Gasteiger partial charge < -0.3 is 29.6 Å². The fraction of sp³-hybridized carbons (Fsp3) is 0.207. The molecule has 0 aliphatic carbocycles. The Kier molecular flexibility index (Phi) is 7.09.